The monoisotopic (exact) mass is 345 g/mol. The summed E-state index contributed by atoms with van der Waals surface area (Å²) in [5.41, 5.74) is 1.14. The molecule has 0 fully saturated rings. The third-order valence-electron chi connectivity index (χ3n) is 3.76. The van der Waals surface area contributed by atoms with Gasteiger partial charge in [0.15, 0.2) is 0 Å². The van der Waals surface area contributed by atoms with E-state index in [1.807, 2.05) is 55.9 Å². The molecule has 2 rings (SSSR count). The molecule has 2 amide bonds. The van der Waals surface area contributed by atoms with Crippen molar-refractivity contribution in [1.29, 1.82) is 0 Å². The highest BCUT2D eigenvalue weighted by molar-refractivity contribution is 7.12. The highest BCUT2D eigenvalue weighted by Gasteiger charge is 2.20. The summed E-state index contributed by atoms with van der Waals surface area (Å²) in [5, 5.41) is 7.48. The van der Waals surface area contributed by atoms with E-state index in [-0.39, 0.29) is 17.9 Å². The van der Waals surface area contributed by atoms with Crippen LogP contribution in [0.15, 0.2) is 47.8 Å². The second-order valence-electron chi connectivity index (χ2n) is 5.81. The maximum Gasteiger partial charge on any atom is 0.261 e. The summed E-state index contributed by atoms with van der Waals surface area (Å²) in [7, 11) is 3.96. The molecule has 1 aromatic heterocycles. The molecule has 2 N–H and O–H groups in total. The number of likely N-dealkylation sites (N-methyl/N-ethyl adjacent to an activating group) is 1. The number of rotatable bonds is 7. The summed E-state index contributed by atoms with van der Waals surface area (Å²) in [6.45, 7) is 2.17. The molecule has 1 aromatic carbocycles. The summed E-state index contributed by atoms with van der Waals surface area (Å²) >= 11 is 1.35. The first-order valence-electron chi connectivity index (χ1n) is 7.82. The summed E-state index contributed by atoms with van der Waals surface area (Å²) in [4.78, 5) is 26.9. The summed E-state index contributed by atoms with van der Waals surface area (Å²) in [6, 6.07) is 13.1. The Morgan fingerprint density at radius 1 is 1.12 bits per heavy atom. The molecule has 5 nitrogen and oxygen atoms in total. The molecule has 128 valence electrons. The number of nitrogens with one attached hydrogen (secondary N) is 2. The van der Waals surface area contributed by atoms with Crippen LogP contribution < -0.4 is 10.6 Å². The molecule has 1 heterocycles. The van der Waals surface area contributed by atoms with Gasteiger partial charge in [-0.25, -0.2) is 0 Å². The van der Waals surface area contributed by atoms with Crippen LogP contribution in [-0.2, 0) is 4.79 Å². The fraction of sp³-hybridized carbons (Fsp3) is 0.333. The number of benzene rings is 1. The van der Waals surface area contributed by atoms with Gasteiger partial charge in [0, 0.05) is 6.54 Å². The van der Waals surface area contributed by atoms with Gasteiger partial charge in [-0.15, -0.1) is 11.3 Å². The smallest absolute Gasteiger partial charge is 0.261 e. The van der Waals surface area contributed by atoms with Gasteiger partial charge in [0.05, 0.1) is 10.9 Å². The molecule has 0 bridgehead atoms. The van der Waals surface area contributed by atoms with Crippen molar-refractivity contribution in [2.24, 2.45) is 0 Å². The second kappa shape index (κ2) is 8.61. The standard InChI is InChI=1S/C18H23N3O2S/c1-13(20-18(23)16-10-7-11-24-16)17(22)19-12-15(21(2)3)14-8-5-4-6-9-14/h4-11,13,15H,12H2,1-3H3,(H,19,22)(H,20,23). The van der Waals surface area contributed by atoms with Crippen molar-refractivity contribution >= 4 is 23.2 Å². The summed E-state index contributed by atoms with van der Waals surface area (Å²) < 4.78 is 0. The van der Waals surface area contributed by atoms with Crippen LogP contribution in [0.4, 0.5) is 0 Å². The summed E-state index contributed by atoms with van der Waals surface area (Å²) in [6.07, 6.45) is 0. The Morgan fingerprint density at radius 3 is 2.42 bits per heavy atom. The van der Waals surface area contributed by atoms with E-state index in [2.05, 4.69) is 15.5 Å². The van der Waals surface area contributed by atoms with Crippen LogP contribution in [-0.4, -0.2) is 43.4 Å². The van der Waals surface area contributed by atoms with Crippen LogP contribution in [0, 0.1) is 0 Å². The minimum Gasteiger partial charge on any atom is -0.352 e. The molecule has 2 aromatic rings. The average molecular weight is 345 g/mol. The van der Waals surface area contributed by atoms with E-state index in [0.717, 1.165) is 5.56 Å². The lowest BCUT2D eigenvalue weighted by atomic mass is 10.1. The van der Waals surface area contributed by atoms with Crippen molar-refractivity contribution in [1.82, 2.24) is 15.5 Å². The van der Waals surface area contributed by atoms with Gasteiger partial charge in [0.25, 0.3) is 5.91 Å². The number of hydrogen-bond acceptors (Lipinski definition) is 4. The van der Waals surface area contributed by atoms with E-state index in [9.17, 15) is 9.59 Å². The number of carbonyl (C=O) groups excluding carboxylic acids is 2. The van der Waals surface area contributed by atoms with Gasteiger partial charge in [-0.1, -0.05) is 36.4 Å². The number of hydrogen-bond donors (Lipinski definition) is 2. The minimum atomic E-state index is -0.585. The molecule has 0 radical (unpaired) electrons. The van der Waals surface area contributed by atoms with Gasteiger partial charge in [-0.3, -0.25) is 9.59 Å². The van der Waals surface area contributed by atoms with Crippen LogP contribution in [0.25, 0.3) is 0 Å². The molecule has 24 heavy (non-hydrogen) atoms. The van der Waals surface area contributed by atoms with Crippen LogP contribution in [0.5, 0.6) is 0 Å². The third-order valence-corrected chi connectivity index (χ3v) is 4.63. The predicted octanol–water partition coefficient (Wildman–Crippen LogP) is 2.29. The first-order chi connectivity index (χ1) is 11.5. The molecular formula is C18H23N3O2S. The van der Waals surface area contributed by atoms with Gasteiger partial charge in [0.1, 0.15) is 6.04 Å². The largest absolute Gasteiger partial charge is 0.352 e. The highest BCUT2D eigenvalue weighted by Crippen LogP contribution is 2.16. The van der Waals surface area contributed by atoms with E-state index >= 15 is 0 Å². The van der Waals surface area contributed by atoms with E-state index < -0.39 is 6.04 Å². The number of thiophene rings is 1. The molecule has 2 atom stereocenters. The normalized spacial score (nSPS) is 13.3. The fourth-order valence-corrected chi connectivity index (χ4v) is 2.99. The molecule has 0 saturated heterocycles. The molecule has 2 unspecified atom stereocenters. The van der Waals surface area contributed by atoms with E-state index in [1.165, 1.54) is 11.3 Å². The minimum absolute atomic E-state index is 0.0790. The Kier molecular flexibility index (Phi) is 6.52. The molecule has 0 aliphatic rings. The molecule has 6 heteroatoms. The highest BCUT2D eigenvalue weighted by atomic mass is 32.1. The topological polar surface area (TPSA) is 61.4 Å². The van der Waals surface area contributed by atoms with Gasteiger partial charge >= 0.3 is 0 Å². The van der Waals surface area contributed by atoms with Crippen molar-refractivity contribution in [2.45, 2.75) is 19.0 Å². The lowest BCUT2D eigenvalue weighted by Crippen LogP contribution is -2.46. The van der Waals surface area contributed by atoms with Gasteiger partial charge in [-0.2, -0.15) is 0 Å². The van der Waals surface area contributed by atoms with Crippen molar-refractivity contribution < 1.29 is 9.59 Å². The zero-order valence-electron chi connectivity index (χ0n) is 14.2. The number of carbonyl (C=O) groups is 2. The molecular weight excluding hydrogens is 322 g/mol. The van der Waals surface area contributed by atoms with Crippen molar-refractivity contribution in [2.75, 3.05) is 20.6 Å². The maximum atomic E-state index is 12.3. The van der Waals surface area contributed by atoms with Crippen molar-refractivity contribution in [3.05, 3.63) is 58.3 Å². The fourth-order valence-electron chi connectivity index (χ4n) is 2.37. The molecule has 0 aliphatic heterocycles. The van der Waals surface area contributed by atoms with Crippen LogP contribution in [0.2, 0.25) is 0 Å². The summed E-state index contributed by atoms with van der Waals surface area (Å²) in [5.74, 6) is -0.414. The molecule has 0 aliphatic carbocycles. The Balaban J connectivity index is 1.89. The third kappa shape index (κ3) is 4.91. The van der Waals surface area contributed by atoms with Gasteiger partial charge < -0.3 is 15.5 Å². The number of nitrogens with zero attached hydrogens (tertiary/aromatic N) is 1. The molecule has 0 saturated carbocycles. The van der Waals surface area contributed by atoms with Gasteiger partial charge in [0.2, 0.25) is 5.91 Å². The Bertz CT molecular complexity index is 656. The van der Waals surface area contributed by atoms with Crippen molar-refractivity contribution in [3.8, 4) is 0 Å². The first-order valence-corrected chi connectivity index (χ1v) is 8.70. The Labute approximate surface area is 146 Å². The average Bonchev–Trinajstić information content (AvgIpc) is 3.10. The predicted molar refractivity (Wildman–Crippen MR) is 97.1 cm³/mol. The van der Waals surface area contributed by atoms with E-state index in [1.54, 1.807) is 13.0 Å². The Hall–Kier alpha value is -2.18. The lowest BCUT2D eigenvalue weighted by Gasteiger charge is -2.26. The quantitative estimate of drug-likeness (QED) is 0.809. The number of amides is 2. The zero-order chi connectivity index (χ0) is 17.5. The SMILES string of the molecule is CC(NC(=O)c1cccs1)C(=O)NCC(c1ccccc1)N(C)C. The van der Waals surface area contributed by atoms with Crippen LogP contribution >= 0.6 is 11.3 Å². The van der Waals surface area contributed by atoms with E-state index in [4.69, 9.17) is 0 Å². The zero-order valence-corrected chi connectivity index (χ0v) is 15.0. The van der Waals surface area contributed by atoms with Crippen LogP contribution in [0.3, 0.4) is 0 Å². The first kappa shape index (κ1) is 18.2. The molecule has 0 spiro atoms. The maximum absolute atomic E-state index is 12.3. The van der Waals surface area contributed by atoms with Crippen molar-refractivity contribution in [3.63, 3.8) is 0 Å². The lowest BCUT2D eigenvalue weighted by molar-refractivity contribution is -0.122. The van der Waals surface area contributed by atoms with Gasteiger partial charge in [-0.05, 0) is 38.0 Å². The Morgan fingerprint density at radius 2 is 1.83 bits per heavy atom. The van der Waals surface area contributed by atoms with E-state index in [0.29, 0.717) is 11.4 Å². The van der Waals surface area contributed by atoms with Crippen LogP contribution in [0.1, 0.15) is 28.2 Å². The second-order valence-corrected chi connectivity index (χ2v) is 6.76.